The monoisotopic (exact) mass is 395 g/mol. The standard InChI is InChI=1S/C19H20F3N3OS/c20-19(21,22)14-3-1-2-12(8-14)17-25-15(10-27-17)9-16(26)23-11-18-6-4-13(18)5-7-24-18/h1-3,8,10,13,24H,4-7,9,11H2,(H,23,26). The van der Waals surface area contributed by atoms with E-state index in [0.29, 0.717) is 28.7 Å². The van der Waals surface area contributed by atoms with E-state index in [9.17, 15) is 18.0 Å². The van der Waals surface area contributed by atoms with E-state index >= 15 is 0 Å². The number of halogens is 3. The Morgan fingerprint density at radius 3 is 2.93 bits per heavy atom. The van der Waals surface area contributed by atoms with Crippen molar-refractivity contribution in [2.24, 2.45) is 5.92 Å². The third-order valence-electron chi connectivity index (χ3n) is 5.62. The number of thiazole rings is 1. The van der Waals surface area contributed by atoms with Crippen molar-refractivity contribution in [3.8, 4) is 10.6 Å². The van der Waals surface area contributed by atoms with E-state index in [1.54, 1.807) is 11.4 Å². The van der Waals surface area contributed by atoms with Crippen molar-refractivity contribution < 1.29 is 18.0 Å². The van der Waals surface area contributed by atoms with E-state index in [-0.39, 0.29) is 17.9 Å². The number of rotatable bonds is 5. The Morgan fingerprint density at radius 2 is 2.22 bits per heavy atom. The van der Waals surface area contributed by atoms with E-state index in [1.807, 2.05) is 0 Å². The number of amides is 1. The summed E-state index contributed by atoms with van der Waals surface area (Å²) in [6.07, 6.45) is -0.773. The summed E-state index contributed by atoms with van der Waals surface area (Å²) in [5.74, 6) is 0.550. The number of nitrogens with zero attached hydrogens (tertiary/aromatic N) is 1. The van der Waals surface area contributed by atoms with Gasteiger partial charge in [0.25, 0.3) is 0 Å². The maximum Gasteiger partial charge on any atom is 0.416 e. The van der Waals surface area contributed by atoms with Crippen molar-refractivity contribution >= 4 is 17.2 Å². The highest BCUT2D eigenvalue weighted by molar-refractivity contribution is 7.13. The second-order valence-corrected chi connectivity index (χ2v) is 8.14. The zero-order chi connectivity index (χ0) is 19.1. The maximum atomic E-state index is 12.9. The number of alkyl halides is 3. The van der Waals surface area contributed by atoms with Crippen LogP contribution < -0.4 is 10.6 Å². The fourth-order valence-electron chi connectivity index (χ4n) is 3.97. The average Bonchev–Trinajstić information content (AvgIpc) is 3.18. The van der Waals surface area contributed by atoms with Gasteiger partial charge in [0.05, 0.1) is 17.7 Å². The molecule has 1 amide bonds. The van der Waals surface area contributed by atoms with Crippen LogP contribution >= 0.6 is 11.3 Å². The molecule has 1 saturated carbocycles. The smallest absolute Gasteiger partial charge is 0.354 e. The molecule has 1 saturated heterocycles. The van der Waals surface area contributed by atoms with Crippen LogP contribution in [0.2, 0.25) is 0 Å². The fraction of sp³-hybridized carbons (Fsp3) is 0.474. The SMILES string of the molecule is O=C(Cc1csc(-c2cccc(C(F)(F)F)c2)n1)NCC12CCC1CCN2. The third kappa shape index (κ3) is 3.73. The van der Waals surface area contributed by atoms with Gasteiger partial charge < -0.3 is 10.6 Å². The normalized spacial score (nSPS) is 24.3. The highest BCUT2D eigenvalue weighted by atomic mass is 32.1. The summed E-state index contributed by atoms with van der Waals surface area (Å²) in [4.78, 5) is 16.6. The van der Waals surface area contributed by atoms with E-state index in [2.05, 4.69) is 15.6 Å². The molecule has 1 aromatic heterocycles. The molecule has 1 aliphatic heterocycles. The summed E-state index contributed by atoms with van der Waals surface area (Å²) in [6, 6.07) is 5.09. The number of aromatic nitrogens is 1. The van der Waals surface area contributed by atoms with Gasteiger partial charge >= 0.3 is 6.18 Å². The van der Waals surface area contributed by atoms with Crippen molar-refractivity contribution in [1.82, 2.24) is 15.6 Å². The number of benzene rings is 1. The van der Waals surface area contributed by atoms with Gasteiger partial charge in [-0.3, -0.25) is 4.79 Å². The molecule has 0 bridgehead atoms. The Balaban J connectivity index is 1.37. The molecule has 4 nitrogen and oxygen atoms in total. The summed E-state index contributed by atoms with van der Waals surface area (Å²) < 4.78 is 38.6. The van der Waals surface area contributed by atoms with Gasteiger partial charge in [0, 0.05) is 23.0 Å². The van der Waals surface area contributed by atoms with Gasteiger partial charge in [-0.05, 0) is 43.9 Å². The van der Waals surface area contributed by atoms with Crippen LogP contribution in [0.1, 0.15) is 30.5 Å². The van der Waals surface area contributed by atoms with Gasteiger partial charge in [-0.15, -0.1) is 11.3 Å². The molecule has 2 aromatic rings. The maximum absolute atomic E-state index is 12.9. The molecule has 2 heterocycles. The predicted molar refractivity (Wildman–Crippen MR) is 97.3 cm³/mol. The molecule has 0 spiro atoms. The van der Waals surface area contributed by atoms with Crippen LogP contribution in [0.25, 0.3) is 10.6 Å². The van der Waals surface area contributed by atoms with E-state index in [0.717, 1.165) is 25.1 Å². The van der Waals surface area contributed by atoms with Crippen LogP contribution in [-0.2, 0) is 17.4 Å². The zero-order valence-corrected chi connectivity index (χ0v) is 15.4. The molecule has 4 rings (SSSR count). The predicted octanol–water partition coefficient (Wildman–Crippen LogP) is 3.63. The summed E-state index contributed by atoms with van der Waals surface area (Å²) >= 11 is 1.25. The van der Waals surface area contributed by atoms with Gasteiger partial charge in [-0.1, -0.05) is 12.1 Å². The second-order valence-electron chi connectivity index (χ2n) is 7.28. The van der Waals surface area contributed by atoms with Gasteiger partial charge in [0.2, 0.25) is 5.91 Å². The molecule has 2 N–H and O–H groups in total. The highest BCUT2D eigenvalue weighted by Crippen LogP contribution is 2.43. The summed E-state index contributed by atoms with van der Waals surface area (Å²) in [5.41, 5.74) is 0.355. The Hall–Kier alpha value is -1.93. The van der Waals surface area contributed by atoms with Crippen molar-refractivity contribution in [3.05, 3.63) is 40.9 Å². The molecular formula is C19H20F3N3OS. The van der Waals surface area contributed by atoms with E-state index in [4.69, 9.17) is 0 Å². The molecule has 1 aliphatic carbocycles. The zero-order valence-electron chi connectivity index (χ0n) is 14.6. The molecule has 2 atom stereocenters. The molecule has 0 radical (unpaired) electrons. The van der Waals surface area contributed by atoms with E-state index < -0.39 is 11.7 Å². The Labute approximate surface area is 159 Å². The number of hydrogen-bond donors (Lipinski definition) is 2. The quantitative estimate of drug-likeness (QED) is 0.813. The molecule has 1 aromatic carbocycles. The molecule has 27 heavy (non-hydrogen) atoms. The third-order valence-corrected chi connectivity index (χ3v) is 6.56. The minimum atomic E-state index is -4.39. The van der Waals surface area contributed by atoms with Crippen LogP contribution in [-0.4, -0.2) is 29.5 Å². The minimum Gasteiger partial charge on any atom is -0.354 e. The van der Waals surface area contributed by atoms with Crippen molar-refractivity contribution in [3.63, 3.8) is 0 Å². The van der Waals surface area contributed by atoms with E-state index in [1.165, 1.54) is 30.2 Å². The first-order valence-electron chi connectivity index (χ1n) is 8.99. The largest absolute Gasteiger partial charge is 0.416 e. The van der Waals surface area contributed by atoms with Crippen LogP contribution in [0, 0.1) is 5.92 Å². The first-order valence-corrected chi connectivity index (χ1v) is 9.87. The van der Waals surface area contributed by atoms with Crippen molar-refractivity contribution in [2.75, 3.05) is 13.1 Å². The second kappa shape index (κ2) is 6.91. The summed E-state index contributed by atoms with van der Waals surface area (Å²) in [6.45, 7) is 1.63. The van der Waals surface area contributed by atoms with Crippen molar-refractivity contribution in [1.29, 1.82) is 0 Å². The molecule has 2 aliphatic rings. The first kappa shape index (κ1) is 18.4. The van der Waals surface area contributed by atoms with Gasteiger partial charge in [0.15, 0.2) is 0 Å². The molecule has 2 unspecified atom stereocenters. The lowest BCUT2D eigenvalue weighted by Gasteiger charge is -2.45. The number of nitrogens with one attached hydrogen (secondary N) is 2. The molecular weight excluding hydrogens is 375 g/mol. The lowest BCUT2D eigenvalue weighted by Crippen LogP contribution is -2.59. The fourth-order valence-corrected chi connectivity index (χ4v) is 4.79. The summed E-state index contributed by atoms with van der Waals surface area (Å²) in [5, 5.41) is 8.71. The van der Waals surface area contributed by atoms with Crippen LogP contribution in [0.4, 0.5) is 13.2 Å². The Bertz CT molecular complexity index is 851. The first-order chi connectivity index (χ1) is 12.9. The van der Waals surface area contributed by atoms with Crippen LogP contribution in [0.15, 0.2) is 29.6 Å². The minimum absolute atomic E-state index is 0.0704. The highest BCUT2D eigenvalue weighted by Gasteiger charge is 2.49. The van der Waals surface area contributed by atoms with Crippen molar-refractivity contribution in [2.45, 2.75) is 37.4 Å². The van der Waals surface area contributed by atoms with Crippen LogP contribution in [0.3, 0.4) is 0 Å². The summed E-state index contributed by atoms with van der Waals surface area (Å²) in [7, 11) is 0. The number of carbonyl (C=O) groups excluding carboxylic acids is 1. The molecule has 144 valence electrons. The molecule has 2 fully saturated rings. The molecule has 8 heteroatoms. The number of fused-ring (bicyclic) bond motifs is 1. The van der Waals surface area contributed by atoms with Gasteiger partial charge in [0.1, 0.15) is 5.01 Å². The van der Waals surface area contributed by atoms with Crippen LogP contribution in [0.5, 0.6) is 0 Å². The lowest BCUT2D eigenvalue weighted by atomic mass is 9.68. The topological polar surface area (TPSA) is 54.0 Å². The Kier molecular flexibility index (Phi) is 4.71. The number of carbonyl (C=O) groups is 1. The lowest BCUT2D eigenvalue weighted by molar-refractivity contribution is -0.137. The van der Waals surface area contributed by atoms with Gasteiger partial charge in [-0.25, -0.2) is 4.98 Å². The van der Waals surface area contributed by atoms with Gasteiger partial charge in [-0.2, -0.15) is 13.2 Å². The Morgan fingerprint density at radius 1 is 1.37 bits per heavy atom. The number of hydrogen-bond acceptors (Lipinski definition) is 4. The average molecular weight is 395 g/mol.